The molecule has 5 atom stereocenters. The number of rotatable bonds is 3. The van der Waals surface area contributed by atoms with Crippen molar-refractivity contribution in [2.24, 2.45) is 11.3 Å². The van der Waals surface area contributed by atoms with Crippen LogP contribution in [0, 0.1) is 11.3 Å². The van der Waals surface area contributed by atoms with E-state index in [4.69, 9.17) is 18.9 Å². The molecule has 4 aliphatic rings. The Labute approximate surface area is 292 Å². The fourth-order valence-corrected chi connectivity index (χ4v) is 7.15. The summed E-state index contributed by atoms with van der Waals surface area (Å²) < 4.78 is 23.3. The summed E-state index contributed by atoms with van der Waals surface area (Å²) >= 11 is 0. The minimum absolute atomic E-state index is 0.0773. The number of nitrogens with one attached hydrogen (secondary N) is 2. The molecule has 0 spiro atoms. The van der Waals surface area contributed by atoms with E-state index in [0.29, 0.717) is 37.3 Å². The van der Waals surface area contributed by atoms with Crippen molar-refractivity contribution in [3.8, 4) is 11.6 Å². The Balaban J connectivity index is 1.39. The molecular weight excluding hydrogens is 640 g/mol. The molecule has 12 heteroatoms. The minimum Gasteiger partial charge on any atom is -0.496 e. The molecule has 1 saturated heterocycles. The van der Waals surface area contributed by atoms with Gasteiger partial charge in [0.15, 0.2) is 0 Å². The molecule has 4 heterocycles. The average Bonchev–Trinajstić information content (AvgIpc) is 3.62. The number of methoxy groups -OCH3 is 1. The van der Waals surface area contributed by atoms with Gasteiger partial charge in [0.2, 0.25) is 17.7 Å². The van der Waals surface area contributed by atoms with Crippen molar-refractivity contribution >= 4 is 40.7 Å². The third-order valence-electron chi connectivity index (χ3n) is 10.1. The molecule has 50 heavy (non-hydrogen) atoms. The Hall–Kier alpha value is -4.61. The van der Waals surface area contributed by atoms with Gasteiger partial charge in [0.05, 0.1) is 26.9 Å². The van der Waals surface area contributed by atoms with Crippen molar-refractivity contribution in [2.75, 3.05) is 26.9 Å². The summed E-state index contributed by atoms with van der Waals surface area (Å²) in [7, 11) is 1.62. The van der Waals surface area contributed by atoms with Gasteiger partial charge in [-0.05, 0) is 62.6 Å². The van der Waals surface area contributed by atoms with Gasteiger partial charge in [0.25, 0.3) is 0 Å². The lowest BCUT2D eigenvalue weighted by atomic mass is 9.90. The van der Waals surface area contributed by atoms with Crippen LogP contribution < -0.4 is 20.1 Å². The monoisotopic (exact) mass is 688 g/mol. The Morgan fingerprint density at radius 1 is 1.14 bits per heavy atom. The lowest BCUT2D eigenvalue weighted by molar-refractivity contribution is -0.150. The van der Waals surface area contributed by atoms with Crippen LogP contribution >= 0.6 is 0 Å². The van der Waals surface area contributed by atoms with Crippen LogP contribution in [0.25, 0.3) is 16.8 Å². The number of hydrogen-bond donors (Lipinski definition) is 2. The molecule has 0 radical (unpaired) electrons. The molecule has 1 aliphatic carbocycles. The van der Waals surface area contributed by atoms with Gasteiger partial charge < -0.3 is 34.5 Å². The molecule has 2 fully saturated rings. The smallest absolute Gasteiger partial charge is 0.407 e. The Kier molecular flexibility index (Phi) is 10.4. The summed E-state index contributed by atoms with van der Waals surface area (Å²) in [5.41, 5.74) is -0.778. The van der Waals surface area contributed by atoms with E-state index in [0.717, 1.165) is 35.6 Å². The van der Waals surface area contributed by atoms with Crippen molar-refractivity contribution in [1.82, 2.24) is 20.5 Å². The molecule has 1 aromatic carbocycles. The lowest BCUT2D eigenvalue weighted by Crippen LogP contribution is -2.56. The van der Waals surface area contributed by atoms with Crippen LogP contribution in [0.5, 0.6) is 11.6 Å². The van der Waals surface area contributed by atoms with E-state index in [2.05, 4.69) is 15.6 Å². The quantitative estimate of drug-likeness (QED) is 0.333. The summed E-state index contributed by atoms with van der Waals surface area (Å²) in [5.74, 6) is -0.517. The number of aromatic nitrogens is 1. The number of esters is 1. The molecule has 2 aromatic rings. The first-order valence-electron chi connectivity index (χ1n) is 17.7. The number of allylic oxidation sites excluding steroid dienone is 2. The summed E-state index contributed by atoms with van der Waals surface area (Å²) in [4.78, 5) is 61.1. The molecule has 5 bridgehead atoms. The van der Waals surface area contributed by atoms with E-state index < -0.39 is 53.0 Å². The fraction of sp³-hybridized carbons (Fsp3) is 0.553. The highest BCUT2D eigenvalue weighted by Gasteiger charge is 2.62. The fourth-order valence-electron chi connectivity index (χ4n) is 7.15. The van der Waals surface area contributed by atoms with Crippen molar-refractivity contribution in [2.45, 2.75) is 95.9 Å². The number of fused-ring (bicyclic) bond motifs is 4. The molecule has 12 nitrogen and oxygen atoms in total. The van der Waals surface area contributed by atoms with Crippen LogP contribution in [-0.2, 0) is 23.9 Å². The highest BCUT2D eigenvalue weighted by molar-refractivity contribution is 5.97. The van der Waals surface area contributed by atoms with Gasteiger partial charge >= 0.3 is 12.1 Å². The zero-order valence-corrected chi connectivity index (χ0v) is 29.4. The Morgan fingerprint density at radius 2 is 1.98 bits per heavy atom. The second-order valence-electron chi connectivity index (χ2n) is 14.5. The van der Waals surface area contributed by atoms with Gasteiger partial charge in [-0.15, -0.1) is 0 Å². The third-order valence-corrected chi connectivity index (χ3v) is 10.1. The third kappa shape index (κ3) is 7.58. The second-order valence-corrected chi connectivity index (χ2v) is 14.5. The van der Waals surface area contributed by atoms with Crippen LogP contribution in [0.3, 0.4) is 0 Å². The SMILES string of the molecule is CCOC(=O)[C@@]12C[C@H]1/C=C\CCCCC[C@@H]1NC(=O)OCC(C)(C)C/C=C/c3cc4c(nccc4cc3OC)O[C@@H]3C[C@@H](C(=O)N2)N(C3)C1=O. The summed E-state index contributed by atoms with van der Waals surface area (Å²) in [6.45, 7) is 6.12. The lowest BCUT2D eigenvalue weighted by Gasteiger charge is -2.30. The predicted molar refractivity (Wildman–Crippen MR) is 186 cm³/mol. The normalized spacial score (nSPS) is 29.8. The number of ether oxygens (including phenoxy) is 4. The topological polar surface area (TPSA) is 145 Å². The first-order chi connectivity index (χ1) is 24.0. The van der Waals surface area contributed by atoms with Crippen molar-refractivity contribution in [3.63, 3.8) is 0 Å². The highest BCUT2D eigenvalue weighted by atomic mass is 16.6. The number of pyridine rings is 1. The van der Waals surface area contributed by atoms with E-state index in [-0.39, 0.29) is 32.1 Å². The maximum absolute atomic E-state index is 14.4. The average molecular weight is 689 g/mol. The van der Waals surface area contributed by atoms with E-state index in [1.54, 1.807) is 20.2 Å². The number of carbonyl (C=O) groups excluding carboxylic acids is 4. The predicted octanol–water partition coefficient (Wildman–Crippen LogP) is 5.09. The van der Waals surface area contributed by atoms with Gasteiger partial charge in [0.1, 0.15) is 29.5 Å². The van der Waals surface area contributed by atoms with Crippen LogP contribution in [0.1, 0.15) is 77.7 Å². The molecule has 0 unspecified atom stereocenters. The van der Waals surface area contributed by atoms with Crippen LogP contribution in [0.4, 0.5) is 4.79 Å². The van der Waals surface area contributed by atoms with Crippen LogP contribution in [0.15, 0.2) is 42.6 Å². The van der Waals surface area contributed by atoms with Gasteiger partial charge in [-0.3, -0.25) is 9.59 Å². The van der Waals surface area contributed by atoms with Crippen molar-refractivity contribution in [1.29, 1.82) is 0 Å². The number of nitrogens with zero attached hydrogens (tertiary/aromatic N) is 2. The zero-order valence-electron chi connectivity index (χ0n) is 29.4. The Bertz CT molecular complexity index is 1690. The summed E-state index contributed by atoms with van der Waals surface area (Å²) in [6.07, 6.45) is 13.1. The van der Waals surface area contributed by atoms with E-state index in [1.165, 1.54) is 4.90 Å². The van der Waals surface area contributed by atoms with Gasteiger partial charge in [-0.2, -0.15) is 0 Å². The number of cyclic esters (lactones) is 1. The molecule has 3 aliphatic heterocycles. The number of carbonyl (C=O) groups is 4. The first kappa shape index (κ1) is 35.2. The molecule has 1 saturated carbocycles. The van der Waals surface area contributed by atoms with Gasteiger partial charge in [0, 0.05) is 34.9 Å². The van der Waals surface area contributed by atoms with Crippen LogP contribution in [0.2, 0.25) is 0 Å². The maximum atomic E-state index is 14.4. The van der Waals surface area contributed by atoms with E-state index in [9.17, 15) is 19.2 Å². The van der Waals surface area contributed by atoms with Crippen LogP contribution in [-0.4, -0.2) is 84.4 Å². The Morgan fingerprint density at radius 3 is 2.78 bits per heavy atom. The van der Waals surface area contributed by atoms with E-state index in [1.807, 2.05) is 56.4 Å². The first-order valence-corrected chi connectivity index (χ1v) is 17.7. The molecular formula is C38H48N4O8. The standard InChI is InChI=1S/C38H48N4O8/c1-5-48-35(45)38-21-26(38)13-9-7-6-8-10-14-29-34(44)42-22-27(20-30(42)32(43)41-38)50-33-28-18-25(31(47-4)19-24(28)15-17-39-33)12-11-16-37(2,3)23-49-36(46)40-29/h9,11-13,15,17-19,26-27,29-30H,5-8,10,14,16,20-23H2,1-4H3,(H,40,46)(H,41,43)/b12-11+,13-9-/t26-,27-,29+,30+,38-/m1/s1. The highest BCUT2D eigenvalue weighted by Crippen LogP contribution is 2.46. The molecule has 268 valence electrons. The largest absolute Gasteiger partial charge is 0.496 e. The minimum atomic E-state index is -1.20. The summed E-state index contributed by atoms with van der Waals surface area (Å²) in [5, 5.41) is 7.44. The number of benzene rings is 1. The number of amides is 3. The summed E-state index contributed by atoms with van der Waals surface area (Å²) in [6, 6.07) is 3.87. The molecule has 6 rings (SSSR count). The molecule has 2 N–H and O–H groups in total. The maximum Gasteiger partial charge on any atom is 0.407 e. The van der Waals surface area contributed by atoms with Gasteiger partial charge in [-0.1, -0.05) is 51.0 Å². The van der Waals surface area contributed by atoms with Gasteiger partial charge in [-0.25, -0.2) is 14.6 Å². The number of hydrogen-bond acceptors (Lipinski definition) is 9. The molecule has 3 amide bonds. The zero-order chi connectivity index (χ0) is 35.5. The molecule has 1 aromatic heterocycles. The van der Waals surface area contributed by atoms with E-state index >= 15 is 0 Å². The number of alkyl carbamates (subject to hydrolysis) is 1. The van der Waals surface area contributed by atoms with Crippen molar-refractivity contribution in [3.05, 3.63) is 48.2 Å². The van der Waals surface area contributed by atoms with Crippen molar-refractivity contribution < 1.29 is 38.1 Å². The second kappa shape index (κ2) is 14.7.